The number of hydrogen-bond acceptors (Lipinski definition) is 3. The van der Waals surface area contributed by atoms with E-state index in [4.69, 9.17) is 0 Å². The van der Waals surface area contributed by atoms with Crippen molar-refractivity contribution in [1.29, 1.82) is 0 Å². The molecule has 1 saturated heterocycles. The molecular formula is C13H22N2O. The maximum absolute atomic E-state index is 12.1. The first-order valence-corrected chi connectivity index (χ1v) is 6.68. The summed E-state index contributed by atoms with van der Waals surface area (Å²) in [6.07, 6.45) is 3.70. The van der Waals surface area contributed by atoms with Crippen molar-refractivity contribution in [3.05, 3.63) is 0 Å². The summed E-state index contributed by atoms with van der Waals surface area (Å²) in [6, 6.07) is 0. The van der Waals surface area contributed by atoms with Crippen LogP contribution in [0, 0.1) is 17.8 Å². The standard InChI is InChI=1S/C13H22N2O/c1-14-4-6-15(7-5-14)9-12-10-2-3-11(8-10)13(12)16/h10-12H,2-9H2,1H3/t10-,11+,12+/m1/s1. The Morgan fingerprint density at radius 2 is 1.94 bits per heavy atom. The minimum atomic E-state index is 0.391. The van der Waals surface area contributed by atoms with Crippen molar-refractivity contribution in [1.82, 2.24) is 9.80 Å². The molecule has 3 aliphatic rings. The predicted octanol–water partition coefficient (Wildman–Crippen LogP) is 0.849. The van der Waals surface area contributed by atoms with Crippen LogP contribution in [0.15, 0.2) is 0 Å². The second-order valence-electron chi connectivity index (χ2n) is 5.88. The Morgan fingerprint density at radius 1 is 1.19 bits per heavy atom. The number of fused-ring (bicyclic) bond motifs is 2. The number of Topliss-reactive ketones (excluding diaryl/α,β-unsaturated/α-hetero) is 1. The highest BCUT2D eigenvalue weighted by molar-refractivity contribution is 5.87. The Bertz CT molecular complexity index is 284. The average Bonchev–Trinajstić information content (AvgIpc) is 2.85. The fraction of sp³-hybridized carbons (Fsp3) is 0.923. The van der Waals surface area contributed by atoms with Crippen molar-refractivity contribution < 1.29 is 4.79 Å². The fourth-order valence-electron chi connectivity index (χ4n) is 3.72. The number of carbonyl (C=O) groups is 1. The molecular weight excluding hydrogens is 200 g/mol. The average molecular weight is 222 g/mol. The lowest BCUT2D eigenvalue weighted by Crippen LogP contribution is -2.47. The van der Waals surface area contributed by atoms with Crippen LogP contribution in [0.5, 0.6) is 0 Å². The van der Waals surface area contributed by atoms with Crippen molar-refractivity contribution in [3.8, 4) is 0 Å². The molecule has 90 valence electrons. The van der Waals surface area contributed by atoms with E-state index in [0.717, 1.165) is 38.6 Å². The van der Waals surface area contributed by atoms with E-state index in [1.54, 1.807) is 0 Å². The molecule has 3 nitrogen and oxygen atoms in total. The van der Waals surface area contributed by atoms with Crippen LogP contribution in [0.1, 0.15) is 19.3 Å². The molecule has 2 saturated carbocycles. The van der Waals surface area contributed by atoms with Gasteiger partial charge in [-0.25, -0.2) is 0 Å². The number of piperazine rings is 1. The van der Waals surface area contributed by atoms with E-state index in [1.807, 2.05) is 0 Å². The van der Waals surface area contributed by atoms with Crippen LogP contribution in [0.3, 0.4) is 0 Å². The molecule has 0 aromatic rings. The van der Waals surface area contributed by atoms with E-state index in [2.05, 4.69) is 16.8 Å². The van der Waals surface area contributed by atoms with E-state index in [1.165, 1.54) is 19.3 Å². The second kappa shape index (κ2) is 4.11. The normalized spacial score (nSPS) is 40.8. The summed E-state index contributed by atoms with van der Waals surface area (Å²) in [5.74, 6) is 2.16. The van der Waals surface area contributed by atoms with Gasteiger partial charge in [0.15, 0.2) is 0 Å². The van der Waals surface area contributed by atoms with Crippen LogP contribution in [0.2, 0.25) is 0 Å². The van der Waals surface area contributed by atoms with Crippen LogP contribution >= 0.6 is 0 Å². The molecule has 3 rings (SSSR count). The molecule has 0 aromatic carbocycles. The molecule has 16 heavy (non-hydrogen) atoms. The van der Waals surface area contributed by atoms with E-state index < -0.39 is 0 Å². The summed E-state index contributed by atoms with van der Waals surface area (Å²) in [5, 5.41) is 0. The van der Waals surface area contributed by atoms with Crippen molar-refractivity contribution in [2.75, 3.05) is 39.8 Å². The SMILES string of the molecule is CN1CCN(C[C@@H]2C(=O)[C@H]3CC[C@@H]2C3)CC1. The van der Waals surface area contributed by atoms with Crippen LogP contribution in [0.4, 0.5) is 0 Å². The van der Waals surface area contributed by atoms with E-state index in [9.17, 15) is 4.79 Å². The number of carbonyl (C=O) groups excluding carboxylic acids is 1. The van der Waals surface area contributed by atoms with E-state index in [0.29, 0.717) is 17.6 Å². The van der Waals surface area contributed by atoms with Gasteiger partial charge in [0, 0.05) is 44.6 Å². The molecule has 2 bridgehead atoms. The lowest BCUT2D eigenvalue weighted by Gasteiger charge is -2.35. The first-order chi connectivity index (χ1) is 7.74. The van der Waals surface area contributed by atoms with Crippen molar-refractivity contribution >= 4 is 5.78 Å². The van der Waals surface area contributed by atoms with Gasteiger partial charge in [-0.15, -0.1) is 0 Å². The highest BCUT2D eigenvalue weighted by atomic mass is 16.1. The third-order valence-corrected chi connectivity index (χ3v) is 4.86. The highest BCUT2D eigenvalue weighted by Gasteiger charge is 2.46. The zero-order chi connectivity index (χ0) is 11.1. The van der Waals surface area contributed by atoms with Gasteiger partial charge in [-0.3, -0.25) is 4.79 Å². The molecule has 3 heteroatoms. The number of ketones is 1. The zero-order valence-corrected chi connectivity index (χ0v) is 10.2. The van der Waals surface area contributed by atoms with Crippen molar-refractivity contribution in [3.63, 3.8) is 0 Å². The number of nitrogens with zero attached hydrogens (tertiary/aromatic N) is 2. The monoisotopic (exact) mass is 222 g/mol. The quantitative estimate of drug-likeness (QED) is 0.692. The molecule has 0 N–H and O–H groups in total. The second-order valence-corrected chi connectivity index (χ2v) is 5.88. The van der Waals surface area contributed by atoms with Crippen LogP contribution < -0.4 is 0 Å². The summed E-state index contributed by atoms with van der Waals surface area (Å²) in [5.41, 5.74) is 0. The molecule has 0 amide bonds. The third-order valence-electron chi connectivity index (χ3n) is 4.86. The van der Waals surface area contributed by atoms with Gasteiger partial charge in [0.1, 0.15) is 5.78 Å². The molecule has 3 atom stereocenters. The molecule has 0 radical (unpaired) electrons. The zero-order valence-electron chi connectivity index (χ0n) is 10.2. The highest BCUT2D eigenvalue weighted by Crippen LogP contribution is 2.46. The maximum Gasteiger partial charge on any atom is 0.140 e. The van der Waals surface area contributed by atoms with E-state index >= 15 is 0 Å². The Balaban J connectivity index is 1.57. The Morgan fingerprint density at radius 3 is 2.56 bits per heavy atom. The van der Waals surface area contributed by atoms with Gasteiger partial charge in [-0.2, -0.15) is 0 Å². The predicted molar refractivity (Wildman–Crippen MR) is 63.3 cm³/mol. The van der Waals surface area contributed by atoms with Gasteiger partial charge in [0.2, 0.25) is 0 Å². The summed E-state index contributed by atoms with van der Waals surface area (Å²) in [7, 11) is 2.18. The molecule has 1 heterocycles. The smallest absolute Gasteiger partial charge is 0.140 e. The molecule has 2 aliphatic carbocycles. The number of rotatable bonds is 2. The fourth-order valence-corrected chi connectivity index (χ4v) is 3.72. The Labute approximate surface area is 97.8 Å². The lowest BCUT2D eigenvalue weighted by molar-refractivity contribution is -0.126. The number of likely N-dealkylation sites (N-methyl/N-ethyl adjacent to an activating group) is 1. The molecule has 0 unspecified atom stereocenters. The van der Waals surface area contributed by atoms with Crippen LogP contribution in [-0.2, 0) is 4.79 Å². The first kappa shape index (κ1) is 10.7. The first-order valence-electron chi connectivity index (χ1n) is 6.68. The largest absolute Gasteiger partial charge is 0.304 e. The topological polar surface area (TPSA) is 23.6 Å². The summed E-state index contributed by atoms with van der Waals surface area (Å²) in [4.78, 5) is 16.9. The summed E-state index contributed by atoms with van der Waals surface area (Å²) in [6.45, 7) is 5.67. The van der Waals surface area contributed by atoms with Gasteiger partial charge in [-0.05, 0) is 32.2 Å². The van der Waals surface area contributed by atoms with Gasteiger partial charge < -0.3 is 9.80 Å². The minimum Gasteiger partial charge on any atom is -0.304 e. The van der Waals surface area contributed by atoms with Crippen LogP contribution in [0.25, 0.3) is 0 Å². The van der Waals surface area contributed by atoms with Gasteiger partial charge in [0.25, 0.3) is 0 Å². The van der Waals surface area contributed by atoms with Crippen LogP contribution in [-0.4, -0.2) is 55.4 Å². The Kier molecular flexibility index (Phi) is 2.76. The number of hydrogen-bond donors (Lipinski definition) is 0. The summed E-state index contributed by atoms with van der Waals surface area (Å²) >= 11 is 0. The van der Waals surface area contributed by atoms with Crippen molar-refractivity contribution in [2.24, 2.45) is 17.8 Å². The minimum absolute atomic E-state index is 0.391. The lowest BCUT2D eigenvalue weighted by atomic mass is 9.87. The van der Waals surface area contributed by atoms with Crippen molar-refractivity contribution in [2.45, 2.75) is 19.3 Å². The summed E-state index contributed by atoms with van der Waals surface area (Å²) < 4.78 is 0. The molecule has 0 aromatic heterocycles. The molecule has 3 fully saturated rings. The maximum atomic E-state index is 12.1. The van der Waals surface area contributed by atoms with Gasteiger partial charge >= 0.3 is 0 Å². The van der Waals surface area contributed by atoms with Gasteiger partial charge in [-0.1, -0.05) is 0 Å². The van der Waals surface area contributed by atoms with Gasteiger partial charge in [0.05, 0.1) is 0 Å². The Hall–Kier alpha value is -0.410. The molecule has 1 aliphatic heterocycles. The molecule has 0 spiro atoms. The third kappa shape index (κ3) is 1.80. The van der Waals surface area contributed by atoms with E-state index in [-0.39, 0.29) is 0 Å².